The van der Waals surface area contributed by atoms with Crippen LogP contribution in [0.3, 0.4) is 0 Å². The van der Waals surface area contributed by atoms with E-state index < -0.39 is 0 Å². The maximum Gasteiger partial charge on any atom is 0.123 e. The van der Waals surface area contributed by atoms with Crippen molar-refractivity contribution in [3.05, 3.63) is 35.6 Å². The third-order valence-corrected chi connectivity index (χ3v) is 2.66. The van der Waals surface area contributed by atoms with Crippen LogP contribution in [0.4, 0.5) is 4.39 Å². The van der Waals surface area contributed by atoms with Gasteiger partial charge in [-0.3, -0.25) is 5.32 Å². The highest BCUT2D eigenvalue weighted by Gasteiger charge is 2.33. The summed E-state index contributed by atoms with van der Waals surface area (Å²) in [6.07, 6.45) is 0.762. The number of halogens is 2. The molecule has 1 fully saturated rings. The predicted octanol–water partition coefficient (Wildman–Crippen LogP) is 2.51. The Morgan fingerprint density at radius 1 is 1.44 bits per heavy atom. The van der Waals surface area contributed by atoms with Crippen molar-refractivity contribution in [3.8, 4) is 0 Å². The highest BCUT2D eigenvalue weighted by Crippen LogP contribution is 2.20. The topological polar surface area (TPSA) is 21.3 Å². The molecule has 2 atom stereocenters. The summed E-state index contributed by atoms with van der Waals surface area (Å²) in [5, 5.41) is 3.38. The van der Waals surface area contributed by atoms with Gasteiger partial charge in [0.1, 0.15) is 11.5 Å². The van der Waals surface area contributed by atoms with Crippen molar-refractivity contribution in [2.45, 2.75) is 32.0 Å². The molecule has 0 amide bonds. The van der Waals surface area contributed by atoms with Gasteiger partial charge in [0.25, 0.3) is 0 Å². The number of hydrogen-bond donors (Lipinski definition) is 1. The Hall–Kier alpha value is -0.640. The Morgan fingerprint density at radius 2 is 2.06 bits per heavy atom. The van der Waals surface area contributed by atoms with Gasteiger partial charge in [0.05, 0.1) is 6.61 Å². The van der Waals surface area contributed by atoms with E-state index in [1.165, 1.54) is 12.1 Å². The molecule has 1 N–H and O–H groups in total. The van der Waals surface area contributed by atoms with E-state index in [0.717, 1.165) is 18.6 Å². The van der Waals surface area contributed by atoms with Gasteiger partial charge < -0.3 is 4.74 Å². The van der Waals surface area contributed by atoms with Gasteiger partial charge in [0, 0.05) is 12.5 Å². The Labute approximate surface area is 102 Å². The van der Waals surface area contributed by atoms with Gasteiger partial charge in [-0.05, 0) is 31.5 Å². The van der Waals surface area contributed by atoms with Gasteiger partial charge in [-0.25, -0.2) is 4.39 Å². The second kappa shape index (κ2) is 5.13. The lowest BCUT2D eigenvalue weighted by Gasteiger charge is -2.24. The third-order valence-electron chi connectivity index (χ3n) is 2.66. The molecule has 1 aliphatic heterocycles. The molecule has 0 aliphatic carbocycles. The second-order valence-electron chi connectivity index (χ2n) is 4.39. The molecule has 16 heavy (non-hydrogen) atoms. The van der Waals surface area contributed by atoms with E-state index in [1.807, 2.05) is 6.92 Å². The van der Waals surface area contributed by atoms with E-state index >= 15 is 0 Å². The molecular weight excluding hydrogens is 229 g/mol. The minimum atomic E-state index is -0.308. The SMILES string of the molecule is CC1COC(C)(Cc2ccc(F)cc2)N1.Cl. The molecule has 0 bridgehead atoms. The van der Waals surface area contributed by atoms with Gasteiger partial charge in [-0.15, -0.1) is 12.4 Å². The summed E-state index contributed by atoms with van der Waals surface area (Å²) in [6.45, 7) is 4.85. The number of ether oxygens (including phenoxy) is 1. The van der Waals surface area contributed by atoms with Crippen molar-refractivity contribution in [1.29, 1.82) is 0 Å². The van der Waals surface area contributed by atoms with Crippen molar-refractivity contribution in [1.82, 2.24) is 5.32 Å². The zero-order valence-electron chi connectivity index (χ0n) is 9.50. The molecule has 2 unspecified atom stereocenters. The van der Waals surface area contributed by atoms with Crippen LogP contribution < -0.4 is 5.32 Å². The smallest absolute Gasteiger partial charge is 0.123 e. The minimum absolute atomic E-state index is 0. The van der Waals surface area contributed by atoms with Crippen LogP contribution in [0.5, 0.6) is 0 Å². The van der Waals surface area contributed by atoms with E-state index in [-0.39, 0.29) is 23.9 Å². The van der Waals surface area contributed by atoms with E-state index in [9.17, 15) is 4.39 Å². The molecule has 4 heteroatoms. The van der Waals surface area contributed by atoms with Crippen molar-refractivity contribution < 1.29 is 9.13 Å². The molecule has 90 valence electrons. The van der Waals surface area contributed by atoms with E-state index in [4.69, 9.17) is 4.74 Å². The van der Waals surface area contributed by atoms with Gasteiger partial charge in [-0.2, -0.15) is 0 Å². The summed E-state index contributed by atoms with van der Waals surface area (Å²) in [5.41, 5.74) is 0.776. The van der Waals surface area contributed by atoms with Crippen molar-refractivity contribution >= 4 is 12.4 Å². The van der Waals surface area contributed by atoms with Crippen LogP contribution in [-0.4, -0.2) is 18.4 Å². The summed E-state index contributed by atoms with van der Waals surface area (Å²) < 4.78 is 18.4. The monoisotopic (exact) mass is 245 g/mol. The van der Waals surface area contributed by atoms with Crippen LogP contribution in [0.25, 0.3) is 0 Å². The fourth-order valence-electron chi connectivity index (χ4n) is 2.01. The number of benzene rings is 1. The fourth-order valence-corrected chi connectivity index (χ4v) is 2.01. The Balaban J connectivity index is 0.00000128. The molecule has 1 aliphatic rings. The first-order valence-corrected chi connectivity index (χ1v) is 5.23. The summed E-state index contributed by atoms with van der Waals surface area (Å²) in [6, 6.07) is 6.95. The lowest BCUT2D eigenvalue weighted by Crippen LogP contribution is -2.42. The summed E-state index contributed by atoms with van der Waals surface area (Å²) >= 11 is 0. The van der Waals surface area contributed by atoms with Crippen molar-refractivity contribution in [2.75, 3.05) is 6.61 Å². The van der Waals surface area contributed by atoms with Crippen molar-refractivity contribution in [3.63, 3.8) is 0 Å². The summed E-state index contributed by atoms with van der Waals surface area (Å²) in [7, 11) is 0. The molecule has 0 saturated carbocycles. The quantitative estimate of drug-likeness (QED) is 0.865. The first kappa shape index (κ1) is 13.4. The van der Waals surface area contributed by atoms with Crippen LogP contribution in [0.2, 0.25) is 0 Å². The normalized spacial score (nSPS) is 28.8. The van der Waals surface area contributed by atoms with Crippen LogP contribution in [0.15, 0.2) is 24.3 Å². The molecule has 0 radical (unpaired) electrons. The first-order chi connectivity index (χ1) is 7.07. The number of hydrogen-bond acceptors (Lipinski definition) is 2. The Morgan fingerprint density at radius 3 is 2.56 bits per heavy atom. The predicted molar refractivity (Wildman–Crippen MR) is 64.3 cm³/mol. The number of nitrogens with one attached hydrogen (secondary N) is 1. The number of rotatable bonds is 2. The lowest BCUT2D eigenvalue weighted by molar-refractivity contribution is 0.00689. The molecule has 1 aromatic rings. The molecule has 0 aromatic heterocycles. The third kappa shape index (κ3) is 3.17. The molecule has 1 heterocycles. The van der Waals surface area contributed by atoms with Gasteiger partial charge in [-0.1, -0.05) is 12.1 Å². The fraction of sp³-hybridized carbons (Fsp3) is 0.500. The van der Waals surface area contributed by atoms with Gasteiger partial charge >= 0.3 is 0 Å². The summed E-state index contributed by atoms with van der Waals surface area (Å²) in [5.74, 6) is -0.197. The van der Waals surface area contributed by atoms with E-state index in [2.05, 4.69) is 12.2 Å². The average molecular weight is 246 g/mol. The minimum Gasteiger partial charge on any atom is -0.359 e. The maximum atomic E-state index is 12.7. The largest absolute Gasteiger partial charge is 0.359 e. The first-order valence-electron chi connectivity index (χ1n) is 5.23. The van der Waals surface area contributed by atoms with Crippen LogP contribution in [0.1, 0.15) is 19.4 Å². The van der Waals surface area contributed by atoms with Crippen LogP contribution in [-0.2, 0) is 11.2 Å². The van der Waals surface area contributed by atoms with E-state index in [1.54, 1.807) is 12.1 Å². The molecule has 2 nitrogen and oxygen atoms in total. The lowest BCUT2D eigenvalue weighted by atomic mass is 10.0. The molecular formula is C12H17ClFNO. The zero-order chi connectivity index (χ0) is 10.9. The highest BCUT2D eigenvalue weighted by atomic mass is 35.5. The molecule has 0 spiro atoms. The van der Waals surface area contributed by atoms with E-state index in [0.29, 0.717) is 6.04 Å². The maximum absolute atomic E-state index is 12.7. The zero-order valence-corrected chi connectivity index (χ0v) is 10.3. The average Bonchev–Trinajstić information content (AvgIpc) is 2.50. The van der Waals surface area contributed by atoms with Crippen LogP contribution >= 0.6 is 12.4 Å². The summed E-state index contributed by atoms with van der Waals surface area (Å²) in [4.78, 5) is 0. The van der Waals surface area contributed by atoms with Crippen molar-refractivity contribution in [2.24, 2.45) is 0 Å². The molecule has 2 rings (SSSR count). The van der Waals surface area contributed by atoms with Gasteiger partial charge in [0.15, 0.2) is 0 Å². The molecule has 1 aromatic carbocycles. The van der Waals surface area contributed by atoms with Crippen LogP contribution in [0, 0.1) is 5.82 Å². The Bertz CT molecular complexity index is 343. The second-order valence-corrected chi connectivity index (χ2v) is 4.39. The molecule has 1 saturated heterocycles. The highest BCUT2D eigenvalue weighted by molar-refractivity contribution is 5.85. The standard InChI is InChI=1S/C12H16FNO.ClH/c1-9-8-15-12(2,14-9)7-10-3-5-11(13)6-4-10;/h3-6,9,14H,7-8H2,1-2H3;1H. The Kier molecular flexibility index (Phi) is 4.30. The van der Waals surface area contributed by atoms with Gasteiger partial charge in [0.2, 0.25) is 0 Å².